The molecule has 0 saturated carbocycles. The largest absolute Gasteiger partial charge is 0.356 e. The van der Waals surface area contributed by atoms with Gasteiger partial charge in [0, 0.05) is 19.5 Å². The summed E-state index contributed by atoms with van der Waals surface area (Å²) < 4.78 is 39.1. The molecule has 0 bridgehead atoms. The number of sulfonamides is 1. The van der Waals surface area contributed by atoms with Gasteiger partial charge in [-0.25, -0.2) is 17.5 Å². The Hall–Kier alpha value is -1.22. The van der Waals surface area contributed by atoms with Gasteiger partial charge in [0.25, 0.3) is 0 Å². The van der Waals surface area contributed by atoms with Gasteiger partial charge in [-0.2, -0.15) is 0 Å². The minimum absolute atomic E-state index is 0. The Balaban J connectivity index is 0.00000400. The van der Waals surface area contributed by atoms with Crippen LogP contribution in [0.4, 0.5) is 4.39 Å². The molecule has 0 fully saturated rings. The number of benzene rings is 1. The molecular formula is C12H19ClFN3O3S. The molecule has 21 heavy (non-hydrogen) atoms. The molecule has 120 valence electrons. The molecule has 0 aliphatic carbocycles. The molecule has 0 atom stereocenters. The number of rotatable bonds is 8. The van der Waals surface area contributed by atoms with E-state index in [2.05, 4.69) is 10.0 Å². The maximum Gasteiger partial charge on any atom is 0.243 e. The lowest BCUT2D eigenvalue weighted by atomic mass is 10.3. The lowest BCUT2D eigenvalue weighted by Gasteiger charge is -2.08. The number of nitrogens with one attached hydrogen (secondary N) is 2. The second-order valence-electron chi connectivity index (χ2n) is 4.07. The molecule has 6 nitrogen and oxygen atoms in total. The first-order chi connectivity index (χ1) is 9.47. The number of amides is 1. The highest BCUT2D eigenvalue weighted by atomic mass is 35.5. The van der Waals surface area contributed by atoms with Crippen LogP contribution in [0.3, 0.4) is 0 Å². The molecule has 0 spiro atoms. The Morgan fingerprint density at radius 1 is 1.24 bits per heavy atom. The third-order valence-corrected chi connectivity index (χ3v) is 3.97. The summed E-state index contributed by atoms with van der Waals surface area (Å²) in [5.74, 6) is -1.11. The van der Waals surface area contributed by atoms with Crippen LogP contribution in [0.1, 0.15) is 12.8 Å². The highest BCUT2D eigenvalue weighted by Crippen LogP contribution is 2.12. The van der Waals surface area contributed by atoms with E-state index >= 15 is 0 Å². The van der Waals surface area contributed by atoms with Crippen LogP contribution in [0.25, 0.3) is 0 Å². The fourth-order valence-corrected chi connectivity index (χ4v) is 2.57. The fourth-order valence-electron chi connectivity index (χ4n) is 1.46. The van der Waals surface area contributed by atoms with Gasteiger partial charge >= 0.3 is 0 Å². The smallest absolute Gasteiger partial charge is 0.243 e. The van der Waals surface area contributed by atoms with Gasteiger partial charge in [0.05, 0.1) is 0 Å². The zero-order valence-electron chi connectivity index (χ0n) is 11.3. The zero-order valence-corrected chi connectivity index (χ0v) is 13.0. The molecule has 1 aromatic rings. The van der Waals surface area contributed by atoms with Crippen molar-refractivity contribution >= 4 is 28.3 Å². The maximum atomic E-state index is 13.4. The molecular weight excluding hydrogens is 321 g/mol. The van der Waals surface area contributed by atoms with Crippen molar-refractivity contribution < 1.29 is 17.6 Å². The van der Waals surface area contributed by atoms with Crippen LogP contribution < -0.4 is 15.8 Å². The normalized spacial score (nSPS) is 10.8. The fraction of sp³-hybridized carbons (Fsp3) is 0.417. The second kappa shape index (κ2) is 9.67. The van der Waals surface area contributed by atoms with Crippen LogP contribution in [-0.4, -0.2) is 34.0 Å². The number of halogens is 2. The minimum atomic E-state index is -3.94. The molecule has 1 amide bonds. The van der Waals surface area contributed by atoms with E-state index < -0.39 is 20.7 Å². The Morgan fingerprint density at radius 2 is 1.90 bits per heavy atom. The SMILES string of the molecule is Cl.NCCCNC(=O)CCNS(=O)(=O)c1ccccc1F. The molecule has 0 aromatic heterocycles. The van der Waals surface area contributed by atoms with E-state index in [9.17, 15) is 17.6 Å². The van der Waals surface area contributed by atoms with E-state index in [1.165, 1.54) is 18.2 Å². The first-order valence-electron chi connectivity index (χ1n) is 6.18. The van der Waals surface area contributed by atoms with Crippen molar-refractivity contribution in [2.75, 3.05) is 19.6 Å². The van der Waals surface area contributed by atoms with Crippen molar-refractivity contribution in [2.24, 2.45) is 5.73 Å². The average Bonchev–Trinajstić information content (AvgIpc) is 2.39. The highest BCUT2D eigenvalue weighted by Gasteiger charge is 2.18. The topological polar surface area (TPSA) is 101 Å². The van der Waals surface area contributed by atoms with Gasteiger partial charge in [-0.1, -0.05) is 12.1 Å². The summed E-state index contributed by atoms with van der Waals surface area (Å²) in [6, 6.07) is 5.06. The van der Waals surface area contributed by atoms with E-state index in [1.54, 1.807) is 0 Å². The van der Waals surface area contributed by atoms with E-state index in [0.717, 1.165) is 6.07 Å². The molecule has 1 rings (SSSR count). The first-order valence-corrected chi connectivity index (χ1v) is 7.66. The lowest BCUT2D eigenvalue weighted by Crippen LogP contribution is -2.32. The van der Waals surface area contributed by atoms with E-state index in [0.29, 0.717) is 19.5 Å². The number of hydrogen-bond acceptors (Lipinski definition) is 4. The van der Waals surface area contributed by atoms with Crippen LogP contribution in [0.15, 0.2) is 29.2 Å². The zero-order chi connectivity index (χ0) is 15.0. The number of carbonyl (C=O) groups excluding carboxylic acids is 1. The van der Waals surface area contributed by atoms with Gasteiger partial charge in [-0.05, 0) is 25.1 Å². The quantitative estimate of drug-likeness (QED) is 0.596. The average molecular weight is 340 g/mol. The van der Waals surface area contributed by atoms with Crippen LogP contribution in [0.5, 0.6) is 0 Å². The summed E-state index contributed by atoms with van der Waals surface area (Å²) in [5, 5.41) is 2.59. The van der Waals surface area contributed by atoms with Crippen LogP contribution >= 0.6 is 12.4 Å². The first kappa shape index (κ1) is 19.8. The summed E-state index contributed by atoms with van der Waals surface area (Å²) in [5.41, 5.74) is 5.27. The molecule has 4 N–H and O–H groups in total. The summed E-state index contributed by atoms with van der Waals surface area (Å²) in [6.45, 7) is 0.834. The third-order valence-electron chi connectivity index (χ3n) is 2.47. The molecule has 0 saturated heterocycles. The van der Waals surface area contributed by atoms with E-state index in [4.69, 9.17) is 5.73 Å². The molecule has 9 heteroatoms. The van der Waals surface area contributed by atoms with Gasteiger partial charge in [-0.15, -0.1) is 12.4 Å². The second-order valence-corrected chi connectivity index (χ2v) is 5.81. The van der Waals surface area contributed by atoms with E-state index in [1.807, 2.05) is 0 Å². The Bertz CT molecular complexity index is 554. The van der Waals surface area contributed by atoms with Crippen LogP contribution in [0, 0.1) is 5.82 Å². The van der Waals surface area contributed by atoms with Crippen molar-refractivity contribution in [1.82, 2.24) is 10.0 Å². The Labute approximate surface area is 129 Å². The monoisotopic (exact) mass is 339 g/mol. The molecule has 0 aliphatic heterocycles. The lowest BCUT2D eigenvalue weighted by molar-refractivity contribution is -0.120. The van der Waals surface area contributed by atoms with Crippen molar-refractivity contribution in [2.45, 2.75) is 17.7 Å². The van der Waals surface area contributed by atoms with Crippen molar-refractivity contribution in [3.8, 4) is 0 Å². The number of carbonyl (C=O) groups is 1. The highest BCUT2D eigenvalue weighted by molar-refractivity contribution is 7.89. The van der Waals surface area contributed by atoms with Crippen molar-refractivity contribution in [1.29, 1.82) is 0 Å². The Morgan fingerprint density at radius 3 is 2.52 bits per heavy atom. The molecule has 1 aromatic carbocycles. The van der Waals surface area contributed by atoms with Crippen LogP contribution in [-0.2, 0) is 14.8 Å². The van der Waals surface area contributed by atoms with Crippen LogP contribution in [0.2, 0.25) is 0 Å². The van der Waals surface area contributed by atoms with Gasteiger partial charge in [0.1, 0.15) is 10.7 Å². The summed E-state index contributed by atoms with van der Waals surface area (Å²) in [4.78, 5) is 10.9. The molecule has 0 heterocycles. The van der Waals surface area contributed by atoms with Crippen molar-refractivity contribution in [3.05, 3.63) is 30.1 Å². The summed E-state index contributed by atoms with van der Waals surface area (Å²) in [7, 11) is -3.94. The van der Waals surface area contributed by atoms with Gasteiger partial charge in [0.15, 0.2) is 0 Å². The maximum absolute atomic E-state index is 13.4. The summed E-state index contributed by atoms with van der Waals surface area (Å²) in [6.07, 6.45) is 0.644. The summed E-state index contributed by atoms with van der Waals surface area (Å²) >= 11 is 0. The number of nitrogens with two attached hydrogens (primary N) is 1. The molecule has 0 aliphatic rings. The van der Waals surface area contributed by atoms with Gasteiger partial charge in [-0.3, -0.25) is 4.79 Å². The van der Waals surface area contributed by atoms with Gasteiger partial charge < -0.3 is 11.1 Å². The standard InChI is InChI=1S/C12H18FN3O3S.ClH/c13-10-4-1-2-5-11(10)20(18,19)16-9-6-12(17)15-8-3-7-14;/h1-2,4-5,16H,3,6-9,14H2,(H,15,17);1H. The minimum Gasteiger partial charge on any atom is -0.356 e. The predicted octanol–water partition coefficient (Wildman–Crippen LogP) is 0.381. The predicted molar refractivity (Wildman–Crippen MR) is 80.1 cm³/mol. The molecule has 0 radical (unpaired) electrons. The molecule has 0 unspecified atom stereocenters. The van der Waals surface area contributed by atoms with Crippen molar-refractivity contribution in [3.63, 3.8) is 0 Å². The van der Waals surface area contributed by atoms with Gasteiger partial charge in [0.2, 0.25) is 15.9 Å². The van der Waals surface area contributed by atoms with E-state index in [-0.39, 0.29) is 31.3 Å². The third kappa shape index (κ3) is 6.85. The Kier molecular flexibility index (Phi) is 9.11. The number of hydrogen-bond donors (Lipinski definition) is 3.